The normalized spacial score (nSPS) is 15.3. The van der Waals surface area contributed by atoms with Gasteiger partial charge in [-0.3, -0.25) is 14.9 Å². The van der Waals surface area contributed by atoms with Crippen molar-refractivity contribution in [2.45, 2.75) is 6.42 Å². The Kier molecular flexibility index (Phi) is 4.27. The quantitative estimate of drug-likeness (QED) is 0.642. The molecule has 2 N–H and O–H groups in total. The molecule has 8 nitrogen and oxygen atoms in total. The van der Waals surface area contributed by atoms with Crippen LogP contribution in [0, 0.1) is 10.1 Å². The summed E-state index contributed by atoms with van der Waals surface area (Å²) < 4.78 is 0. The number of carbonyl (C=O) groups is 2. The van der Waals surface area contributed by atoms with Crippen molar-refractivity contribution in [1.82, 2.24) is 5.32 Å². The molecule has 0 radical (unpaired) electrons. The van der Waals surface area contributed by atoms with Crippen molar-refractivity contribution in [1.29, 1.82) is 0 Å². The van der Waals surface area contributed by atoms with E-state index in [1.54, 1.807) is 0 Å². The van der Waals surface area contributed by atoms with Crippen LogP contribution in [0.15, 0.2) is 12.1 Å². The minimum atomic E-state index is -1.33. The molecule has 0 aromatic heterocycles. The van der Waals surface area contributed by atoms with Gasteiger partial charge in [-0.15, -0.1) is 0 Å². The molecule has 9 heteroatoms. The molecular weight excluding hydrogens is 302 g/mol. The Labute approximate surface area is 124 Å². The van der Waals surface area contributed by atoms with Crippen LogP contribution in [0.5, 0.6) is 0 Å². The first-order valence-corrected chi connectivity index (χ1v) is 6.51. The number of carbonyl (C=O) groups excluding carboxylic acids is 1. The first-order chi connectivity index (χ1) is 9.90. The predicted octanol–water partition coefficient (Wildman–Crippen LogP) is 1.27. The number of nitrogens with zero attached hydrogens (tertiary/aromatic N) is 2. The van der Waals surface area contributed by atoms with E-state index in [2.05, 4.69) is 5.32 Å². The maximum Gasteiger partial charge on any atom is 0.338 e. The van der Waals surface area contributed by atoms with Crippen molar-refractivity contribution in [3.63, 3.8) is 0 Å². The Morgan fingerprint density at radius 2 is 2.19 bits per heavy atom. The second-order valence-corrected chi connectivity index (χ2v) is 4.92. The molecule has 1 fully saturated rings. The van der Waals surface area contributed by atoms with Crippen LogP contribution < -0.4 is 10.2 Å². The zero-order valence-corrected chi connectivity index (χ0v) is 11.6. The van der Waals surface area contributed by atoms with Gasteiger partial charge in [-0.1, -0.05) is 11.6 Å². The molecule has 0 unspecified atom stereocenters. The number of nitro benzene ring substituents is 1. The van der Waals surface area contributed by atoms with Crippen LogP contribution in [0.3, 0.4) is 0 Å². The van der Waals surface area contributed by atoms with Gasteiger partial charge >= 0.3 is 5.97 Å². The third-order valence-electron chi connectivity index (χ3n) is 3.07. The summed E-state index contributed by atoms with van der Waals surface area (Å²) in [6, 6.07) is 2.04. The third kappa shape index (κ3) is 3.22. The first kappa shape index (κ1) is 15.0. The Bertz CT molecular complexity index is 619. The summed E-state index contributed by atoms with van der Waals surface area (Å²) in [5.41, 5.74) is -0.559. The van der Waals surface area contributed by atoms with E-state index in [0.717, 1.165) is 12.1 Å². The predicted molar refractivity (Wildman–Crippen MR) is 74.9 cm³/mol. The van der Waals surface area contributed by atoms with Gasteiger partial charge < -0.3 is 15.3 Å². The Morgan fingerprint density at radius 3 is 2.81 bits per heavy atom. The second-order valence-electron chi connectivity index (χ2n) is 4.51. The average Bonchev–Trinajstić information content (AvgIpc) is 2.62. The molecular formula is C12H12ClN3O5. The number of non-ortho nitro benzene ring substituents is 1. The topological polar surface area (TPSA) is 113 Å². The van der Waals surface area contributed by atoms with E-state index < -0.39 is 16.6 Å². The van der Waals surface area contributed by atoms with E-state index in [0.29, 0.717) is 19.5 Å². The SMILES string of the molecule is O=C1CN(c2c(Cl)cc([N+](=O)[O-])cc2C(=O)O)CCCN1. The number of benzene rings is 1. The highest BCUT2D eigenvalue weighted by Gasteiger charge is 2.26. The van der Waals surface area contributed by atoms with E-state index in [1.807, 2.05) is 0 Å². The number of rotatable bonds is 3. The van der Waals surface area contributed by atoms with Crippen molar-refractivity contribution < 1.29 is 19.6 Å². The van der Waals surface area contributed by atoms with Gasteiger partial charge in [-0.25, -0.2) is 4.79 Å². The molecule has 21 heavy (non-hydrogen) atoms. The maximum absolute atomic E-state index is 11.6. The standard InChI is InChI=1S/C12H12ClN3O5/c13-9-5-7(16(20)21)4-8(12(18)19)11(9)15-3-1-2-14-10(17)6-15/h4-5H,1-3,6H2,(H,14,17)(H,18,19). The van der Waals surface area contributed by atoms with Crippen LogP contribution >= 0.6 is 11.6 Å². The number of hydrogen-bond donors (Lipinski definition) is 2. The summed E-state index contributed by atoms with van der Waals surface area (Å²) in [5.74, 6) is -1.58. The van der Waals surface area contributed by atoms with Crippen molar-refractivity contribution >= 4 is 34.9 Å². The Balaban J connectivity index is 2.53. The van der Waals surface area contributed by atoms with Gasteiger partial charge in [-0.05, 0) is 6.42 Å². The number of carboxylic acids is 1. The summed E-state index contributed by atoms with van der Waals surface area (Å²) in [6.45, 7) is 0.872. The van der Waals surface area contributed by atoms with Crippen LogP contribution in [-0.4, -0.2) is 41.5 Å². The maximum atomic E-state index is 11.6. The fourth-order valence-corrected chi connectivity index (χ4v) is 2.50. The molecule has 1 aliphatic heterocycles. The number of hydrogen-bond acceptors (Lipinski definition) is 5. The first-order valence-electron chi connectivity index (χ1n) is 6.13. The van der Waals surface area contributed by atoms with Gasteiger partial charge in [0.25, 0.3) is 5.69 Å². The second kappa shape index (κ2) is 5.96. The van der Waals surface area contributed by atoms with E-state index >= 15 is 0 Å². The molecule has 1 aromatic rings. The molecule has 1 saturated heterocycles. The lowest BCUT2D eigenvalue weighted by atomic mass is 10.1. The number of amides is 1. The highest BCUT2D eigenvalue weighted by atomic mass is 35.5. The summed E-state index contributed by atoms with van der Waals surface area (Å²) in [4.78, 5) is 34.5. The molecule has 0 aliphatic carbocycles. The van der Waals surface area contributed by atoms with Gasteiger partial charge in [0.05, 0.1) is 27.7 Å². The van der Waals surface area contributed by atoms with Crippen molar-refractivity contribution in [3.8, 4) is 0 Å². The molecule has 1 heterocycles. The van der Waals surface area contributed by atoms with Gasteiger partial charge in [0.2, 0.25) is 5.91 Å². The fourth-order valence-electron chi connectivity index (χ4n) is 2.17. The number of aromatic carboxylic acids is 1. The number of carboxylic acid groups (broad SMARTS) is 1. The zero-order chi connectivity index (χ0) is 15.6. The van der Waals surface area contributed by atoms with Crippen molar-refractivity contribution in [3.05, 3.63) is 32.8 Å². The lowest BCUT2D eigenvalue weighted by Crippen LogP contribution is -2.34. The molecule has 0 bridgehead atoms. The van der Waals surface area contributed by atoms with Crippen LogP contribution in [0.25, 0.3) is 0 Å². The molecule has 1 aliphatic rings. The lowest BCUT2D eigenvalue weighted by molar-refractivity contribution is -0.384. The van der Waals surface area contributed by atoms with E-state index in [9.17, 15) is 24.8 Å². The molecule has 0 atom stereocenters. The van der Waals surface area contributed by atoms with Crippen molar-refractivity contribution in [2.24, 2.45) is 0 Å². The average molecular weight is 314 g/mol. The highest BCUT2D eigenvalue weighted by molar-refractivity contribution is 6.34. The molecule has 0 saturated carbocycles. The third-order valence-corrected chi connectivity index (χ3v) is 3.36. The van der Waals surface area contributed by atoms with E-state index in [-0.39, 0.29) is 28.7 Å². The van der Waals surface area contributed by atoms with Crippen LogP contribution in [0.1, 0.15) is 16.8 Å². The minimum Gasteiger partial charge on any atom is -0.478 e. The van der Waals surface area contributed by atoms with Gasteiger partial charge in [-0.2, -0.15) is 0 Å². The number of halogens is 1. The fraction of sp³-hybridized carbons (Fsp3) is 0.333. The smallest absolute Gasteiger partial charge is 0.338 e. The molecule has 0 spiro atoms. The summed E-state index contributed by atoms with van der Waals surface area (Å²) in [5, 5.41) is 22.7. The van der Waals surface area contributed by atoms with Crippen molar-refractivity contribution in [2.75, 3.05) is 24.5 Å². The van der Waals surface area contributed by atoms with Crippen LogP contribution in [-0.2, 0) is 4.79 Å². The monoisotopic (exact) mass is 313 g/mol. The number of nitro groups is 1. The molecule has 2 rings (SSSR count). The largest absolute Gasteiger partial charge is 0.478 e. The van der Waals surface area contributed by atoms with Gasteiger partial charge in [0.15, 0.2) is 0 Å². The summed E-state index contributed by atoms with van der Waals surface area (Å²) in [6.07, 6.45) is 0.623. The lowest BCUT2D eigenvalue weighted by Gasteiger charge is -2.24. The van der Waals surface area contributed by atoms with E-state index in [1.165, 1.54) is 4.90 Å². The number of nitrogens with one attached hydrogen (secondary N) is 1. The molecule has 1 amide bonds. The minimum absolute atomic E-state index is 0.0438. The van der Waals surface area contributed by atoms with Crippen LogP contribution in [0.4, 0.5) is 11.4 Å². The van der Waals surface area contributed by atoms with Crippen LogP contribution in [0.2, 0.25) is 5.02 Å². The zero-order valence-electron chi connectivity index (χ0n) is 10.8. The van der Waals surface area contributed by atoms with Gasteiger partial charge in [0.1, 0.15) is 0 Å². The number of anilines is 1. The van der Waals surface area contributed by atoms with Gasteiger partial charge in [0, 0.05) is 25.2 Å². The summed E-state index contributed by atoms with van der Waals surface area (Å²) >= 11 is 6.02. The molecule has 1 aromatic carbocycles. The Morgan fingerprint density at radius 1 is 1.48 bits per heavy atom. The van der Waals surface area contributed by atoms with E-state index in [4.69, 9.17) is 11.6 Å². The highest BCUT2D eigenvalue weighted by Crippen LogP contribution is 2.34. The summed E-state index contributed by atoms with van der Waals surface area (Å²) in [7, 11) is 0. The Hall–Kier alpha value is -2.35. The molecule has 112 valence electrons.